The summed E-state index contributed by atoms with van der Waals surface area (Å²) in [6.07, 6.45) is 2.69. The molecule has 0 fully saturated rings. The van der Waals surface area contributed by atoms with Crippen molar-refractivity contribution in [2.75, 3.05) is 6.54 Å². The normalized spacial score (nSPS) is 10.8. The summed E-state index contributed by atoms with van der Waals surface area (Å²) in [5.74, 6) is 1.01. The lowest BCUT2D eigenvalue weighted by molar-refractivity contribution is 0.574. The van der Waals surface area contributed by atoms with Gasteiger partial charge in [-0.05, 0) is 24.8 Å². The lowest BCUT2D eigenvalue weighted by Crippen LogP contribution is -2.19. The maximum atomic E-state index is 4.21. The first-order chi connectivity index (χ1) is 7.90. The number of aromatic nitrogens is 3. The molecule has 2 aromatic rings. The summed E-state index contributed by atoms with van der Waals surface area (Å²) in [6, 6.07) is 4.26. The zero-order valence-corrected chi connectivity index (χ0v) is 10.2. The van der Waals surface area contributed by atoms with Crippen LogP contribution in [0.15, 0.2) is 23.8 Å². The van der Waals surface area contributed by atoms with Crippen molar-refractivity contribution in [3.05, 3.63) is 34.5 Å². The fourth-order valence-electron chi connectivity index (χ4n) is 1.56. The van der Waals surface area contributed by atoms with Crippen molar-refractivity contribution in [3.8, 4) is 0 Å². The monoisotopic (exact) mass is 236 g/mol. The van der Waals surface area contributed by atoms with Crippen molar-refractivity contribution >= 4 is 11.3 Å². The van der Waals surface area contributed by atoms with Gasteiger partial charge in [0.2, 0.25) is 0 Å². The van der Waals surface area contributed by atoms with Crippen LogP contribution in [0.2, 0.25) is 0 Å². The predicted octanol–water partition coefficient (Wildman–Crippen LogP) is 1.69. The highest BCUT2D eigenvalue weighted by Crippen LogP contribution is 2.08. The molecule has 0 radical (unpaired) electrons. The van der Waals surface area contributed by atoms with E-state index in [1.54, 1.807) is 17.7 Å². The topological polar surface area (TPSA) is 42.7 Å². The maximum Gasteiger partial charge on any atom is 0.140 e. The minimum atomic E-state index is 0.791. The van der Waals surface area contributed by atoms with Crippen LogP contribution >= 0.6 is 11.3 Å². The number of hydrogen-bond donors (Lipinski definition) is 1. The number of rotatable bonds is 6. The van der Waals surface area contributed by atoms with Gasteiger partial charge in [-0.1, -0.05) is 6.07 Å². The van der Waals surface area contributed by atoms with Crippen molar-refractivity contribution in [2.24, 2.45) is 0 Å². The molecule has 2 heterocycles. The average molecular weight is 236 g/mol. The Bertz CT molecular complexity index is 407. The Labute approximate surface area is 99.3 Å². The Balaban J connectivity index is 1.72. The Morgan fingerprint density at radius 2 is 2.44 bits per heavy atom. The third-order valence-corrected chi connectivity index (χ3v) is 3.34. The van der Waals surface area contributed by atoms with Gasteiger partial charge >= 0.3 is 0 Å². The molecule has 2 aromatic heterocycles. The van der Waals surface area contributed by atoms with Gasteiger partial charge in [-0.25, -0.2) is 9.67 Å². The second-order valence-corrected chi connectivity index (χ2v) is 4.53. The predicted molar refractivity (Wildman–Crippen MR) is 65.4 cm³/mol. The van der Waals surface area contributed by atoms with E-state index in [0.29, 0.717) is 0 Å². The van der Waals surface area contributed by atoms with Crippen LogP contribution in [0.1, 0.15) is 17.6 Å². The number of aryl methyl sites for hydroxylation is 1. The lowest BCUT2D eigenvalue weighted by Gasteiger charge is -2.04. The quantitative estimate of drug-likeness (QED) is 0.776. The van der Waals surface area contributed by atoms with E-state index in [-0.39, 0.29) is 0 Å². The smallest absolute Gasteiger partial charge is 0.140 e. The molecule has 0 aliphatic heterocycles. The van der Waals surface area contributed by atoms with Crippen molar-refractivity contribution in [3.63, 3.8) is 0 Å². The molecule has 1 N–H and O–H groups in total. The van der Waals surface area contributed by atoms with Crippen LogP contribution in [0.5, 0.6) is 0 Å². The van der Waals surface area contributed by atoms with E-state index in [1.165, 1.54) is 4.88 Å². The standard InChI is InChI=1S/C11H16N4S/c1-2-15-11(13-9-14-15)8-12-6-5-10-4-3-7-16-10/h3-4,7,9,12H,2,5-6,8H2,1H3. The van der Waals surface area contributed by atoms with E-state index in [1.807, 2.05) is 4.68 Å². The Morgan fingerprint density at radius 3 is 3.19 bits per heavy atom. The van der Waals surface area contributed by atoms with Crippen molar-refractivity contribution < 1.29 is 0 Å². The van der Waals surface area contributed by atoms with E-state index in [4.69, 9.17) is 0 Å². The molecule has 0 aromatic carbocycles. The van der Waals surface area contributed by atoms with E-state index < -0.39 is 0 Å². The number of nitrogens with zero attached hydrogens (tertiary/aromatic N) is 3. The Kier molecular flexibility index (Phi) is 4.07. The van der Waals surface area contributed by atoms with Crippen LogP contribution < -0.4 is 5.32 Å². The first-order valence-electron chi connectivity index (χ1n) is 5.50. The van der Waals surface area contributed by atoms with E-state index >= 15 is 0 Å². The summed E-state index contributed by atoms with van der Waals surface area (Å²) in [7, 11) is 0. The van der Waals surface area contributed by atoms with Gasteiger partial charge in [0.1, 0.15) is 12.2 Å². The zero-order chi connectivity index (χ0) is 11.2. The summed E-state index contributed by atoms with van der Waals surface area (Å²) < 4.78 is 1.91. The average Bonchev–Trinajstić information content (AvgIpc) is 2.95. The lowest BCUT2D eigenvalue weighted by atomic mass is 10.3. The van der Waals surface area contributed by atoms with Crippen molar-refractivity contribution in [1.82, 2.24) is 20.1 Å². The third-order valence-electron chi connectivity index (χ3n) is 2.41. The Hall–Kier alpha value is -1.20. The van der Waals surface area contributed by atoms with Crippen LogP contribution in [0.4, 0.5) is 0 Å². The van der Waals surface area contributed by atoms with Gasteiger partial charge in [-0.15, -0.1) is 11.3 Å². The molecule has 0 atom stereocenters. The molecule has 0 spiro atoms. The van der Waals surface area contributed by atoms with Gasteiger partial charge < -0.3 is 5.32 Å². The molecule has 86 valence electrons. The molecule has 0 amide bonds. The maximum absolute atomic E-state index is 4.21. The van der Waals surface area contributed by atoms with E-state index in [0.717, 1.165) is 31.9 Å². The fraction of sp³-hybridized carbons (Fsp3) is 0.455. The zero-order valence-electron chi connectivity index (χ0n) is 9.39. The molecule has 2 rings (SSSR count). The largest absolute Gasteiger partial charge is 0.309 e. The highest BCUT2D eigenvalue weighted by molar-refractivity contribution is 7.09. The highest BCUT2D eigenvalue weighted by atomic mass is 32.1. The molecule has 0 unspecified atom stereocenters. The molecular weight excluding hydrogens is 220 g/mol. The molecule has 0 saturated carbocycles. The van der Waals surface area contributed by atoms with E-state index in [9.17, 15) is 0 Å². The van der Waals surface area contributed by atoms with Crippen LogP contribution in [0.3, 0.4) is 0 Å². The molecule has 0 saturated heterocycles. The summed E-state index contributed by atoms with van der Waals surface area (Å²) in [5, 5.41) is 9.63. The number of thiophene rings is 1. The first-order valence-corrected chi connectivity index (χ1v) is 6.38. The van der Waals surface area contributed by atoms with Crippen LogP contribution in [-0.4, -0.2) is 21.3 Å². The number of hydrogen-bond acceptors (Lipinski definition) is 4. The van der Waals surface area contributed by atoms with Gasteiger partial charge in [0.25, 0.3) is 0 Å². The minimum Gasteiger partial charge on any atom is -0.309 e. The van der Waals surface area contributed by atoms with Gasteiger partial charge in [0, 0.05) is 18.0 Å². The molecular formula is C11H16N4S. The molecule has 4 nitrogen and oxygen atoms in total. The van der Waals surface area contributed by atoms with Crippen molar-refractivity contribution in [2.45, 2.75) is 26.4 Å². The molecule has 16 heavy (non-hydrogen) atoms. The minimum absolute atomic E-state index is 0.791. The molecule has 0 aliphatic rings. The van der Waals surface area contributed by atoms with E-state index in [2.05, 4.69) is 39.8 Å². The fourth-order valence-corrected chi connectivity index (χ4v) is 2.26. The molecule has 0 bridgehead atoms. The second kappa shape index (κ2) is 5.77. The van der Waals surface area contributed by atoms with Crippen LogP contribution in [0, 0.1) is 0 Å². The summed E-state index contributed by atoms with van der Waals surface area (Å²) in [4.78, 5) is 5.63. The second-order valence-electron chi connectivity index (χ2n) is 3.50. The van der Waals surface area contributed by atoms with Gasteiger partial charge in [0.05, 0.1) is 6.54 Å². The highest BCUT2D eigenvalue weighted by Gasteiger charge is 2.01. The summed E-state index contributed by atoms with van der Waals surface area (Å²) in [6.45, 7) is 4.72. The molecule has 5 heteroatoms. The molecule has 0 aliphatic carbocycles. The number of nitrogens with one attached hydrogen (secondary N) is 1. The van der Waals surface area contributed by atoms with Crippen LogP contribution in [-0.2, 0) is 19.5 Å². The van der Waals surface area contributed by atoms with Gasteiger partial charge in [-0.3, -0.25) is 0 Å². The first kappa shape index (κ1) is 11.3. The summed E-state index contributed by atoms with van der Waals surface area (Å²) in [5.41, 5.74) is 0. The van der Waals surface area contributed by atoms with Crippen molar-refractivity contribution in [1.29, 1.82) is 0 Å². The van der Waals surface area contributed by atoms with Crippen LogP contribution in [0.25, 0.3) is 0 Å². The summed E-state index contributed by atoms with van der Waals surface area (Å²) >= 11 is 1.81. The van der Waals surface area contributed by atoms with Gasteiger partial charge in [-0.2, -0.15) is 5.10 Å². The SMILES string of the molecule is CCn1ncnc1CNCCc1cccs1. The Morgan fingerprint density at radius 1 is 1.50 bits per heavy atom. The third kappa shape index (κ3) is 2.90. The van der Waals surface area contributed by atoms with Gasteiger partial charge in [0.15, 0.2) is 0 Å².